The standard InChI is InChI=1S/C37H44ClN3O6Si/c1-25-35(48(2,3)46)32(22-34(44)39(18-19-42)23-26-10-5-4-6-11-26)47-37(25)30-21-28(38)15-16-31(30)41(36(37)45)24-27-12-9-13-29(20-27)40-17-8-7-14-33(40)43/h4-6,9-13,15-16,20-21,25,32,35,42,46H,7-8,14,17-19,22-24H2,1-3H3/t25-,32+,35-,37+/m0/s1. The maximum absolute atomic E-state index is 14.8. The van der Waals surface area contributed by atoms with Crippen LogP contribution in [0.2, 0.25) is 23.7 Å². The van der Waals surface area contributed by atoms with Gasteiger partial charge in [-0.1, -0.05) is 61.0 Å². The van der Waals surface area contributed by atoms with E-state index < -0.39 is 31.5 Å². The molecule has 0 bridgehead atoms. The molecule has 2 fully saturated rings. The number of fused-ring (bicyclic) bond motifs is 2. The molecule has 4 atom stereocenters. The third kappa shape index (κ3) is 6.44. The van der Waals surface area contributed by atoms with Crippen LogP contribution in [-0.2, 0) is 37.8 Å². The predicted molar refractivity (Wildman–Crippen MR) is 188 cm³/mol. The SMILES string of the molecule is C[C@H]1[C@H]([Si](C)(C)O)[C@@H](CC(=O)N(CCO)Cc2ccccc2)O[C@]12C(=O)N(Cc1cccc(N3CCCCC3=O)c1)c1ccc(Cl)cc12. The molecular weight excluding hydrogens is 646 g/mol. The van der Waals surface area contributed by atoms with Gasteiger partial charge in [0.05, 0.1) is 31.4 Å². The summed E-state index contributed by atoms with van der Waals surface area (Å²) in [6, 6.07) is 22.7. The number of carbonyl (C=O) groups is 3. The smallest absolute Gasteiger partial charge is 0.264 e. The fourth-order valence-electron chi connectivity index (χ4n) is 8.01. The van der Waals surface area contributed by atoms with E-state index in [-0.39, 0.29) is 43.8 Å². The van der Waals surface area contributed by atoms with Gasteiger partial charge in [0.15, 0.2) is 13.9 Å². The van der Waals surface area contributed by atoms with Gasteiger partial charge in [0.1, 0.15) is 0 Å². The molecule has 0 unspecified atom stereocenters. The zero-order chi connectivity index (χ0) is 34.2. The summed E-state index contributed by atoms with van der Waals surface area (Å²) in [5.41, 5.74) is 2.01. The zero-order valence-electron chi connectivity index (χ0n) is 27.8. The normalized spacial score (nSPS) is 24.0. The van der Waals surface area contributed by atoms with Gasteiger partial charge >= 0.3 is 0 Å². The Kier molecular flexibility index (Phi) is 9.84. The zero-order valence-corrected chi connectivity index (χ0v) is 29.5. The maximum atomic E-state index is 14.8. The van der Waals surface area contributed by atoms with Crippen molar-refractivity contribution in [1.29, 1.82) is 0 Å². The number of halogens is 1. The average molecular weight is 690 g/mol. The van der Waals surface area contributed by atoms with Crippen LogP contribution >= 0.6 is 11.6 Å². The molecular formula is C37H44ClN3O6Si. The molecule has 2 N–H and O–H groups in total. The van der Waals surface area contributed by atoms with Crippen LogP contribution < -0.4 is 9.80 Å². The summed E-state index contributed by atoms with van der Waals surface area (Å²) in [7, 11) is -3.02. The van der Waals surface area contributed by atoms with E-state index in [9.17, 15) is 24.3 Å². The molecule has 9 nitrogen and oxygen atoms in total. The first-order valence-electron chi connectivity index (χ1n) is 16.8. The van der Waals surface area contributed by atoms with Crippen LogP contribution in [0.1, 0.15) is 49.3 Å². The van der Waals surface area contributed by atoms with Crippen molar-refractivity contribution in [3.8, 4) is 0 Å². The van der Waals surface area contributed by atoms with E-state index >= 15 is 0 Å². The summed E-state index contributed by atoms with van der Waals surface area (Å²) in [6.45, 7) is 6.79. The van der Waals surface area contributed by atoms with Crippen LogP contribution in [-0.4, -0.2) is 66.6 Å². The molecule has 254 valence electrons. The summed E-state index contributed by atoms with van der Waals surface area (Å²) in [5.74, 6) is -0.842. The number of aliphatic hydroxyl groups excluding tert-OH is 1. The number of rotatable bonds is 10. The molecule has 3 aromatic carbocycles. The fourth-order valence-corrected chi connectivity index (χ4v) is 10.7. The lowest BCUT2D eigenvalue weighted by Gasteiger charge is -2.32. The van der Waals surface area contributed by atoms with Gasteiger partial charge in [-0.15, -0.1) is 0 Å². The van der Waals surface area contributed by atoms with Gasteiger partial charge in [-0.05, 0) is 67.4 Å². The number of aliphatic hydroxyl groups is 1. The molecule has 11 heteroatoms. The first-order valence-corrected chi connectivity index (χ1v) is 20.2. The number of hydrogen-bond donors (Lipinski definition) is 2. The van der Waals surface area contributed by atoms with Crippen LogP contribution in [0.25, 0.3) is 0 Å². The third-order valence-corrected chi connectivity index (χ3v) is 12.9. The molecule has 48 heavy (non-hydrogen) atoms. The Hall–Kier alpha value is -3.54. The van der Waals surface area contributed by atoms with Crippen LogP contribution in [0.15, 0.2) is 72.8 Å². The molecule has 2 saturated heterocycles. The second-order valence-corrected chi connectivity index (χ2v) is 18.2. The number of amides is 3. The number of hydrogen-bond acceptors (Lipinski definition) is 6. The summed E-state index contributed by atoms with van der Waals surface area (Å²) in [5, 5.41) is 10.3. The summed E-state index contributed by atoms with van der Waals surface area (Å²) < 4.78 is 6.87. The van der Waals surface area contributed by atoms with E-state index in [1.54, 1.807) is 21.9 Å². The van der Waals surface area contributed by atoms with Crippen LogP contribution in [0, 0.1) is 5.92 Å². The lowest BCUT2D eigenvalue weighted by molar-refractivity contribution is -0.150. The van der Waals surface area contributed by atoms with E-state index in [1.807, 2.05) is 85.6 Å². The maximum Gasteiger partial charge on any atom is 0.264 e. The largest absolute Gasteiger partial charge is 0.432 e. The van der Waals surface area contributed by atoms with Crippen molar-refractivity contribution >= 4 is 49.0 Å². The van der Waals surface area contributed by atoms with Gasteiger partial charge in [-0.2, -0.15) is 0 Å². The molecule has 0 saturated carbocycles. The second kappa shape index (κ2) is 13.8. The van der Waals surface area contributed by atoms with Gasteiger partial charge in [-0.3, -0.25) is 14.4 Å². The van der Waals surface area contributed by atoms with Gasteiger partial charge in [0.2, 0.25) is 11.8 Å². The highest BCUT2D eigenvalue weighted by atomic mass is 35.5. The molecule has 3 aromatic rings. The van der Waals surface area contributed by atoms with E-state index in [2.05, 4.69) is 0 Å². The number of benzene rings is 3. The number of nitrogens with zero attached hydrogens (tertiary/aromatic N) is 3. The monoisotopic (exact) mass is 689 g/mol. The van der Waals surface area contributed by atoms with E-state index in [0.29, 0.717) is 35.8 Å². The topological polar surface area (TPSA) is 111 Å². The van der Waals surface area contributed by atoms with Crippen molar-refractivity contribution in [1.82, 2.24) is 4.90 Å². The first kappa shape index (κ1) is 34.3. The molecule has 3 heterocycles. The molecule has 3 amide bonds. The molecule has 3 aliphatic heterocycles. The third-order valence-electron chi connectivity index (χ3n) is 10.1. The van der Waals surface area contributed by atoms with Crippen molar-refractivity contribution in [3.05, 3.63) is 94.5 Å². The molecule has 6 rings (SSSR count). The highest BCUT2D eigenvalue weighted by Crippen LogP contribution is 2.60. The van der Waals surface area contributed by atoms with Crippen molar-refractivity contribution in [2.45, 2.75) is 76.0 Å². The minimum Gasteiger partial charge on any atom is -0.432 e. The number of carbonyl (C=O) groups excluding carboxylic acids is 3. The average Bonchev–Trinajstić information content (AvgIpc) is 3.47. The molecule has 0 radical (unpaired) electrons. The van der Waals surface area contributed by atoms with Crippen LogP contribution in [0.3, 0.4) is 0 Å². The lowest BCUT2D eigenvalue weighted by atomic mass is 9.82. The predicted octanol–water partition coefficient (Wildman–Crippen LogP) is 5.61. The Morgan fingerprint density at radius 2 is 1.79 bits per heavy atom. The van der Waals surface area contributed by atoms with E-state index in [1.165, 1.54) is 0 Å². The first-order chi connectivity index (χ1) is 22.9. The van der Waals surface area contributed by atoms with Crippen molar-refractivity contribution in [2.75, 3.05) is 29.5 Å². The van der Waals surface area contributed by atoms with Crippen LogP contribution in [0.5, 0.6) is 0 Å². The Labute approximate surface area is 288 Å². The van der Waals surface area contributed by atoms with Crippen LogP contribution in [0.4, 0.5) is 11.4 Å². The number of piperidine rings is 1. The Balaban J connectivity index is 1.33. The minimum absolute atomic E-state index is 0.0460. The Morgan fingerprint density at radius 3 is 2.50 bits per heavy atom. The van der Waals surface area contributed by atoms with Gasteiger partial charge < -0.3 is 29.3 Å². The van der Waals surface area contributed by atoms with Gasteiger partial charge in [-0.25, -0.2) is 0 Å². The highest BCUT2D eigenvalue weighted by Gasteiger charge is 2.66. The number of ether oxygens (including phenoxy) is 1. The van der Waals surface area contributed by atoms with Crippen molar-refractivity contribution < 1.29 is 29.0 Å². The van der Waals surface area contributed by atoms with Gasteiger partial charge in [0, 0.05) is 53.8 Å². The molecule has 1 spiro atoms. The molecule has 3 aliphatic rings. The summed E-state index contributed by atoms with van der Waals surface area (Å²) >= 11 is 6.56. The molecule has 0 aliphatic carbocycles. The van der Waals surface area contributed by atoms with Crippen molar-refractivity contribution in [3.63, 3.8) is 0 Å². The molecule has 0 aromatic heterocycles. The highest BCUT2D eigenvalue weighted by molar-refractivity contribution is 6.71. The fraction of sp³-hybridized carbons (Fsp3) is 0.432. The van der Waals surface area contributed by atoms with Gasteiger partial charge in [0.25, 0.3) is 5.91 Å². The second-order valence-electron chi connectivity index (χ2n) is 13.8. The Morgan fingerprint density at radius 1 is 1.04 bits per heavy atom. The van der Waals surface area contributed by atoms with E-state index in [4.69, 9.17) is 16.3 Å². The quantitative estimate of drug-likeness (QED) is 0.268. The van der Waals surface area contributed by atoms with E-state index in [0.717, 1.165) is 29.7 Å². The minimum atomic E-state index is -3.02. The van der Waals surface area contributed by atoms with Crippen molar-refractivity contribution in [2.24, 2.45) is 5.92 Å². The summed E-state index contributed by atoms with van der Waals surface area (Å²) in [6.07, 6.45) is 1.59. The summed E-state index contributed by atoms with van der Waals surface area (Å²) in [4.78, 5) is 58.2. The lowest BCUT2D eigenvalue weighted by Crippen LogP contribution is -2.46. The Bertz CT molecular complexity index is 1680. The number of anilines is 2.